The van der Waals surface area contributed by atoms with Gasteiger partial charge in [-0.3, -0.25) is 0 Å². The van der Waals surface area contributed by atoms with Crippen LogP contribution in [0.15, 0.2) is 46.9 Å². The number of nitrogen functional groups attached to an aromatic ring is 1. The molecule has 0 aliphatic rings. The first kappa shape index (κ1) is 14.4. The predicted octanol–water partition coefficient (Wildman–Crippen LogP) is 3.40. The van der Waals surface area contributed by atoms with Crippen molar-refractivity contribution in [1.82, 2.24) is 0 Å². The number of ether oxygens (including phenoxy) is 2. The molecule has 2 N–H and O–H groups in total. The van der Waals surface area contributed by atoms with Gasteiger partial charge in [-0.05, 0) is 18.2 Å². The topological polar surface area (TPSA) is 61.5 Å². The summed E-state index contributed by atoms with van der Waals surface area (Å²) in [5, 5.41) is 0. The van der Waals surface area contributed by atoms with Gasteiger partial charge in [0.1, 0.15) is 12.4 Å². The van der Waals surface area contributed by atoms with Gasteiger partial charge in [0.25, 0.3) is 0 Å². The molecule has 4 nitrogen and oxygen atoms in total. The van der Waals surface area contributed by atoms with Gasteiger partial charge < -0.3 is 15.2 Å². The molecule has 2 aromatic carbocycles. The van der Waals surface area contributed by atoms with Crippen LogP contribution in [0.5, 0.6) is 5.75 Å². The van der Waals surface area contributed by atoms with E-state index in [1.165, 1.54) is 0 Å². The Morgan fingerprint density at radius 2 is 2.00 bits per heavy atom. The lowest BCUT2D eigenvalue weighted by Crippen LogP contribution is -2.08. The normalized spacial score (nSPS) is 10.1. The summed E-state index contributed by atoms with van der Waals surface area (Å²) in [6, 6.07) is 12.4. The Bertz CT molecular complexity index is 628. The number of carbonyl (C=O) groups excluding carboxylic acids is 1. The summed E-state index contributed by atoms with van der Waals surface area (Å²) in [7, 11) is 1.54. The third-order valence-corrected chi connectivity index (χ3v) is 3.57. The molecule has 0 aromatic heterocycles. The highest BCUT2D eigenvalue weighted by Gasteiger charge is 2.12. The Kier molecular flexibility index (Phi) is 4.63. The lowest BCUT2D eigenvalue weighted by atomic mass is 10.1. The van der Waals surface area contributed by atoms with Gasteiger partial charge in [0.2, 0.25) is 0 Å². The lowest BCUT2D eigenvalue weighted by Gasteiger charge is -2.09. The van der Waals surface area contributed by atoms with E-state index in [0.717, 1.165) is 10.0 Å². The molecule has 104 valence electrons. The Morgan fingerprint density at radius 1 is 1.25 bits per heavy atom. The van der Waals surface area contributed by atoms with E-state index in [4.69, 9.17) is 15.2 Å². The molecule has 0 atom stereocenters. The van der Waals surface area contributed by atoms with E-state index in [0.29, 0.717) is 17.0 Å². The first-order chi connectivity index (χ1) is 9.61. The summed E-state index contributed by atoms with van der Waals surface area (Å²) >= 11 is 3.40. The van der Waals surface area contributed by atoms with E-state index in [2.05, 4.69) is 15.9 Å². The second kappa shape index (κ2) is 6.43. The van der Waals surface area contributed by atoms with Crippen LogP contribution in [0.1, 0.15) is 15.9 Å². The summed E-state index contributed by atoms with van der Waals surface area (Å²) in [6.07, 6.45) is 0. The molecule has 0 radical (unpaired) electrons. The number of anilines is 1. The van der Waals surface area contributed by atoms with Gasteiger partial charge in [-0.1, -0.05) is 34.1 Å². The van der Waals surface area contributed by atoms with Crippen molar-refractivity contribution >= 4 is 27.6 Å². The smallest absolute Gasteiger partial charge is 0.340 e. The molecule has 0 saturated carbocycles. The van der Waals surface area contributed by atoms with Gasteiger partial charge in [0.05, 0.1) is 12.7 Å². The summed E-state index contributed by atoms with van der Waals surface area (Å²) in [5.74, 6) is 0.144. The maximum Gasteiger partial charge on any atom is 0.340 e. The van der Waals surface area contributed by atoms with Crippen LogP contribution in [0.3, 0.4) is 0 Å². The molecule has 0 saturated heterocycles. The number of hydrogen-bond donors (Lipinski definition) is 1. The van der Waals surface area contributed by atoms with Gasteiger partial charge in [-0.2, -0.15) is 0 Å². The van der Waals surface area contributed by atoms with Crippen LogP contribution < -0.4 is 10.5 Å². The number of methoxy groups -OCH3 is 1. The molecule has 0 aliphatic carbocycles. The van der Waals surface area contributed by atoms with Crippen molar-refractivity contribution in [2.45, 2.75) is 6.61 Å². The number of hydrogen-bond acceptors (Lipinski definition) is 4. The van der Waals surface area contributed by atoms with Crippen LogP contribution in [0.25, 0.3) is 0 Å². The molecule has 0 aliphatic heterocycles. The molecule has 0 amide bonds. The molecule has 0 spiro atoms. The molecule has 0 bridgehead atoms. The zero-order valence-electron chi connectivity index (χ0n) is 10.9. The second-order valence-electron chi connectivity index (χ2n) is 4.12. The van der Waals surface area contributed by atoms with Crippen LogP contribution in [0.2, 0.25) is 0 Å². The highest BCUT2D eigenvalue weighted by molar-refractivity contribution is 9.10. The zero-order chi connectivity index (χ0) is 14.5. The Morgan fingerprint density at radius 3 is 2.65 bits per heavy atom. The number of carbonyl (C=O) groups is 1. The highest BCUT2D eigenvalue weighted by Crippen LogP contribution is 2.22. The molecule has 2 aromatic rings. The molecular formula is C15H14BrNO3. The van der Waals surface area contributed by atoms with Gasteiger partial charge >= 0.3 is 5.97 Å². The monoisotopic (exact) mass is 335 g/mol. The van der Waals surface area contributed by atoms with E-state index >= 15 is 0 Å². The van der Waals surface area contributed by atoms with Gasteiger partial charge in [0, 0.05) is 21.8 Å². The maximum atomic E-state index is 12.0. The number of esters is 1. The van der Waals surface area contributed by atoms with Gasteiger partial charge in [-0.15, -0.1) is 0 Å². The van der Waals surface area contributed by atoms with Crippen molar-refractivity contribution in [2.75, 3.05) is 12.8 Å². The average molecular weight is 336 g/mol. The first-order valence-corrected chi connectivity index (χ1v) is 6.75. The minimum atomic E-state index is -0.457. The molecule has 20 heavy (non-hydrogen) atoms. The second-order valence-corrected chi connectivity index (χ2v) is 4.98. The average Bonchev–Trinajstić information content (AvgIpc) is 2.46. The van der Waals surface area contributed by atoms with E-state index in [9.17, 15) is 4.79 Å². The maximum absolute atomic E-state index is 12.0. The SMILES string of the molecule is COc1ccc(C(=O)OCc2ccccc2Br)c(N)c1. The van der Waals surface area contributed by atoms with Crippen molar-refractivity contribution in [3.8, 4) is 5.75 Å². The number of rotatable bonds is 4. The third-order valence-electron chi connectivity index (χ3n) is 2.80. The lowest BCUT2D eigenvalue weighted by molar-refractivity contribution is 0.0473. The fourth-order valence-corrected chi connectivity index (χ4v) is 2.09. The van der Waals surface area contributed by atoms with Crippen molar-refractivity contribution in [3.63, 3.8) is 0 Å². The largest absolute Gasteiger partial charge is 0.497 e. The van der Waals surface area contributed by atoms with Crippen molar-refractivity contribution in [1.29, 1.82) is 0 Å². The van der Waals surface area contributed by atoms with Crippen molar-refractivity contribution in [2.24, 2.45) is 0 Å². The molecule has 0 heterocycles. The summed E-state index contributed by atoms with van der Waals surface area (Å²) in [4.78, 5) is 12.0. The minimum absolute atomic E-state index is 0.186. The number of benzene rings is 2. The summed E-state index contributed by atoms with van der Waals surface area (Å²) in [6.45, 7) is 0.186. The predicted molar refractivity (Wildman–Crippen MR) is 80.7 cm³/mol. The fraction of sp³-hybridized carbons (Fsp3) is 0.133. The van der Waals surface area contributed by atoms with Crippen LogP contribution >= 0.6 is 15.9 Å². The van der Waals surface area contributed by atoms with Crippen molar-refractivity contribution in [3.05, 3.63) is 58.1 Å². The third kappa shape index (κ3) is 3.30. The minimum Gasteiger partial charge on any atom is -0.497 e. The quantitative estimate of drug-likeness (QED) is 0.687. The Balaban J connectivity index is 2.07. The zero-order valence-corrected chi connectivity index (χ0v) is 12.5. The standard InChI is InChI=1S/C15H14BrNO3/c1-19-11-6-7-12(14(17)8-11)15(18)20-9-10-4-2-3-5-13(10)16/h2-8H,9,17H2,1H3. The van der Waals surface area contributed by atoms with E-state index in [1.807, 2.05) is 24.3 Å². The Hall–Kier alpha value is -2.01. The fourth-order valence-electron chi connectivity index (χ4n) is 1.69. The van der Waals surface area contributed by atoms with Crippen LogP contribution in [-0.4, -0.2) is 13.1 Å². The number of halogens is 1. The Labute approximate surface area is 125 Å². The molecule has 0 fully saturated rings. The molecular weight excluding hydrogens is 322 g/mol. The molecule has 0 unspecified atom stereocenters. The van der Waals surface area contributed by atoms with Crippen molar-refractivity contribution < 1.29 is 14.3 Å². The first-order valence-electron chi connectivity index (χ1n) is 5.96. The van der Waals surface area contributed by atoms with Crippen LogP contribution in [-0.2, 0) is 11.3 Å². The summed E-state index contributed by atoms with van der Waals surface area (Å²) in [5.41, 5.74) is 7.37. The van der Waals surface area contributed by atoms with E-state index < -0.39 is 5.97 Å². The number of nitrogens with two attached hydrogens (primary N) is 1. The van der Waals surface area contributed by atoms with E-state index in [-0.39, 0.29) is 6.61 Å². The van der Waals surface area contributed by atoms with Crippen LogP contribution in [0.4, 0.5) is 5.69 Å². The molecule has 2 rings (SSSR count). The summed E-state index contributed by atoms with van der Waals surface area (Å²) < 4.78 is 11.2. The van der Waals surface area contributed by atoms with E-state index in [1.54, 1.807) is 25.3 Å². The van der Waals surface area contributed by atoms with Crippen LogP contribution in [0, 0.1) is 0 Å². The highest BCUT2D eigenvalue weighted by atomic mass is 79.9. The van der Waals surface area contributed by atoms with Gasteiger partial charge in [-0.25, -0.2) is 4.79 Å². The molecule has 5 heteroatoms. The van der Waals surface area contributed by atoms with Gasteiger partial charge in [0.15, 0.2) is 0 Å².